The van der Waals surface area contributed by atoms with Crippen LogP contribution in [0.15, 0.2) is 54.9 Å². The Kier molecular flexibility index (Phi) is 6.36. The smallest absolute Gasteiger partial charge is 0.253 e. The molecule has 1 aliphatic rings. The van der Waals surface area contributed by atoms with Crippen LogP contribution in [-0.2, 0) is 11.8 Å². The number of halogens is 1. The largest absolute Gasteiger partial charge is 0.383 e. The van der Waals surface area contributed by atoms with Crippen molar-refractivity contribution in [2.24, 2.45) is 7.05 Å². The summed E-state index contributed by atoms with van der Waals surface area (Å²) in [7, 11) is 1.93. The first-order chi connectivity index (χ1) is 17.3. The minimum absolute atomic E-state index is 0.0592. The van der Waals surface area contributed by atoms with Crippen molar-refractivity contribution in [2.45, 2.75) is 25.1 Å². The first-order valence-electron chi connectivity index (χ1n) is 11.9. The Morgan fingerprint density at radius 1 is 1.00 bits per heavy atom. The van der Waals surface area contributed by atoms with E-state index in [1.165, 1.54) is 6.33 Å². The number of hydrogen-bond acceptors (Lipinski definition) is 5. The lowest BCUT2D eigenvalue weighted by molar-refractivity contribution is -0.115. The lowest BCUT2D eigenvalue weighted by atomic mass is 9.97. The standard InChI is InChI=1S/C27H27ClN6O2/c1-16(28)26(35)32-20-11-9-18(10-12-20)23-21(22-24(29)30-15-31-25(22)33(23)2)17-5-7-19(8-6-17)27(36)34-13-3-4-14-34/h5-12,15-16H,3-4,13-14H2,1-2H3,(H,32,35)(H2,29,30,31)/t16-/m1/s1. The van der Waals surface area contributed by atoms with Gasteiger partial charge in [0.25, 0.3) is 5.91 Å². The molecule has 5 rings (SSSR count). The highest BCUT2D eigenvalue weighted by Crippen LogP contribution is 2.41. The van der Waals surface area contributed by atoms with Crippen LogP contribution >= 0.6 is 11.6 Å². The van der Waals surface area contributed by atoms with Crippen molar-refractivity contribution in [3.8, 4) is 22.4 Å². The predicted molar refractivity (Wildman–Crippen MR) is 143 cm³/mol. The van der Waals surface area contributed by atoms with E-state index in [0.717, 1.165) is 53.7 Å². The van der Waals surface area contributed by atoms with Crippen molar-refractivity contribution in [1.29, 1.82) is 0 Å². The minimum atomic E-state index is -0.628. The van der Waals surface area contributed by atoms with Crippen LogP contribution in [0.25, 0.3) is 33.4 Å². The number of likely N-dealkylation sites (tertiary alicyclic amines) is 1. The third-order valence-electron chi connectivity index (χ3n) is 6.60. The van der Waals surface area contributed by atoms with Crippen molar-refractivity contribution in [2.75, 3.05) is 24.1 Å². The quantitative estimate of drug-likeness (QED) is 0.385. The van der Waals surface area contributed by atoms with Gasteiger partial charge in [-0.2, -0.15) is 0 Å². The zero-order valence-electron chi connectivity index (χ0n) is 20.2. The fourth-order valence-electron chi connectivity index (χ4n) is 4.73. The summed E-state index contributed by atoms with van der Waals surface area (Å²) in [5, 5.41) is 2.92. The van der Waals surface area contributed by atoms with E-state index >= 15 is 0 Å². The Balaban J connectivity index is 1.59. The number of anilines is 2. The van der Waals surface area contributed by atoms with Gasteiger partial charge in [-0.05, 0) is 55.2 Å². The molecule has 1 saturated heterocycles. The second-order valence-corrected chi connectivity index (χ2v) is 9.65. The molecule has 1 aliphatic heterocycles. The van der Waals surface area contributed by atoms with Crippen molar-refractivity contribution in [3.05, 3.63) is 60.4 Å². The Morgan fingerprint density at radius 2 is 1.64 bits per heavy atom. The van der Waals surface area contributed by atoms with Gasteiger partial charge in [-0.15, -0.1) is 11.6 Å². The van der Waals surface area contributed by atoms with Gasteiger partial charge in [0.2, 0.25) is 5.91 Å². The number of fused-ring (bicyclic) bond motifs is 1. The molecular weight excluding hydrogens is 476 g/mol. The fourth-order valence-corrected chi connectivity index (χ4v) is 4.78. The monoisotopic (exact) mass is 502 g/mol. The molecule has 2 aromatic heterocycles. The first kappa shape index (κ1) is 23.8. The van der Waals surface area contributed by atoms with Gasteiger partial charge in [0, 0.05) is 37.0 Å². The minimum Gasteiger partial charge on any atom is -0.383 e. The highest BCUT2D eigenvalue weighted by molar-refractivity contribution is 6.32. The Labute approximate surface area is 214 Å². The van der Waals surface area contributed by atoms with Crippen LogP contribution in [-0.4, -0.2) is 49.7 Å². The van der Waals surface area contributed by atoms with Gasteiger partial charge in [0.15, 0.2) is 0 Å². The maximum Gasteiger partial charge on any atom is 0.253 e. The summed E-state index contributed by atoms with van der Waals surface area (Å²) >= 11 is 5.88. The number of carbonyl (C=O) groups is 2. The highest BCUT2D eigenvalue weighted by Gasteiger charge is 2.23. The number of nitrogens with zero attached hydrogens (tertiary/aromatic N) is 4. The third kappa shape index (κ3) is 4.28. The van der Waals surface area contributed by atoms with Crippen LogP contribution in [0.2, 0.25) is 0 Å². The zero-order chi connectivity index (χ0) is 25.4. The van der Waals surface area contributed by atoms with Gasteiger partial charge in [-0.3, -0.25) is 9.59 Å². The number of aromatic nitrogens is 3. The molecule has 2 aromatic carbocycles. The average Bonchev–Trinajstić information content (AvgIpc) is 3.52. The number of carbonyl (C=O) groups excluding carboxylic acids is 2. The zero-order valence-corrected chi connectivity index (χ0v) is 20.9. The molecule has 8 nitrogen and oxygen atoms in total. The predicted octanol–water partition coefficient (Wildman–Crippen LogP) is 4.69. The molecule has 2 amide bonds. The van der Waals surface area contributed by atoms with E-state index in [-0.39, 0.29) is 11.8 Å². The summed E-state index contributed by atoms with van der Waals surface area (Å²) in [5.74, 6) is 0.180. The summed E-state index contributed by atoms with van der Waals surface area (Å²) < 4.78 is 1.99. The maximum absolute atomic E-state index is 12.8. The first-order valence-corrected chi connectivity index (χ1v) is 12.3. The van der Waals surface area contributed by atoms with Crippen molar-refractivity contribution in [1.82, 2.24) is 19.4 Å². The number of rotatable bonds is 5. The highest BCUT2D eigenvalue weighted by atomic mass is 35.5. The van der Waals surface area contributed by atoms with Gasteiger partial charge in [0.1, 0.15) is 23.2 Å². The number of hydrogen-bond donors (Lipinski definition) is 2. The third-order valence-corrected chi connectivity index (χ3v) is 6.80. The molecule has 0 radical (unpaired) electrons. The molecule has 1 atom stereocenters. The SMILES string of the molecule is C[C@@H](Cl)C(=O)Nc1ccc(-c2c(-c3ccc(C(=O)N4CCCC4)cc3)c3c(N)ncnc3n2C)cc1. The number of nitrogens with two attached hydrogens (primary N) is 1. The molecule has 0 spiro atoms. The molecule has 36 heavy (non-hydrogen) atoms. The maximum atomic E-state index is 12.8. The summed E-state index contributed by atoms with van der Waals surface area (Å²) in [5.41, 5.74) is 12.0. The number of amides is 2. The summed E-state index contributed by atoms with van der Waals surface area (Å²) in [6, 6.07) is 15.2. The van der Waals surface area contributed by atoms with Crippen LogP contribution in [0.5, 0.6) is 0 Å². The van der Waals surface area contributed by atoms with E-state index in [2.05, 4.69) is 15.3 Å². The number of nitrogen functional groups attached to an aromatic ring is 1. The topological polar surface area (TPSA) is 106 Å². The van der Waals surface area contributed by atoms with Gasteiger partial charge in [-0.1, -0.05) is 24.3 Å². The summed E-state index contributed by atoms with van der Waals surface area (Å²) in [4.78, 5) is 35.4. The number of aryl methyl sites for hydroxylation is 1. The molecule has 9 heteroatoms. The Hall–Kier alpha value is -3.91. The van der Waals surface area contributed by atoms with E-state index in [0.29, 0.717) is 22.7 Å². The van der Waals surface area contributed by atoms with Crippen LogP contribution in [0.3, 0.4) is 0 Å². The van der Waals surface area contributed by atoms with E-state index in [1.54, 1.807) is 6.92 Å². The van der Waals surface area contributed by atoms with Gasteiger partial charge >= 0.3 is 0 Å². The average molecular weight is 503 g/mol. The number of nitrogens with one attached hydrogen (secondary N) is 1. The van der Waals surface area contributed by atoms with Crippen molar-refractivity contribution < 1.29 is 9.59 Å². The molecular formula is C27H27ClN6O2. The Bertz CT molecular complexity index is 1440. The molecule has 0 unspecified atom stereocenters. The second kappa shape index (κ2) is 9.62. The summed E-state index contributed by atoms with van der Waals surface area (Å²) in [6.07, 6.45) is 3.56. The van der Waals surface area contributed by atoms with Crippen molar-refractivity contribution >= 4 is 46.0 Å². The van der Waals surface area contributed by atoms with Crippen LogP contribution < -0.4 is 11.1 Å². The molecule has 0 saturated carbocycles. The van der Waals surface area contributed by atoms with Gasteiger partial charge < -0.3 is 20.5 Å². The number of benzene rings is 2. The molecule has 184 valence electrons. The molecule has 0 bridgehead atoms. The van der Waals surface area contributed by atoms with E-state index in [1.807, 2.05) is 65.0 Å². The van der Waals surface area contributed by atoms with Crippen molar-refractivity contribution in [3.63, 3.8) is 0 Å². The van der Waals surface area contributed by atoms with Crippen LogP contribution in [0.4, 0.5) is 11.5 Å². The Morgan fingerprint density at radius 3 is 2.28 bits per heavy atom. The molecule has 3 heterocycles. The molecule has 3 N–H and O–H groups in total. The second-order valence-electron chi connectivity index (χ2n) is 9.00. The van der Waals surface area contributed by atoms with Crippen LogP contribution in [0, 0.1) is 0 Å². The molecule has 0 aliphatic carbocycles. The fraction of sp³-hybridized carbons (Fsp3) is 0.259. The molecule has 4 aromatic rings. The van der Waals surface area contributed by atoms with E-state index in [4.69, 9.17) is 17.3 Å². The lowest BCUT2D eigenvalue weighted by Gasteiger charge is -2.15. The van der Waals surface area contributed by atoms with E-state index in [9.17, 15) is 9.59 Å². The lowest BCUT2D eigenvalue weighted by Crippen LogP contribution is -2.27. The normalized spacial score (nSPS) is 14.2. The molecule has 1 fully saturated rings. The van der Waals surface area contributed by atoms with Gasteiger partial charge in [0.05, 0.1) is 11.1 Å². The number of alkyl halides is 1. The van der Waals surface area contributed by atoms with Crippen LogP contribution in [0.1, 0.15) is 30.1 Å². The summed E-state index contributed by atoms with van der Waals surface area (Å²) in [6.45, 7) is 3.24. The van der Waals surface area contributed by atoms with E-state index < -0.39 is 5.38 Å². The van der Waals surface area contributed by atoms with Gasteiger partial charge in [-0.25, -0.2) is 9.97 Å².